The first-order chi connectivity index (χ1) is 5.70. The van der Waals surface area contributed by atoms with Gasteiger partial charge in [-0.05, 0) is 26.3 Å². The Morgan fingerprint density at radius 3 is 3.00 bits per heavy atom. The number of hydrogen-bond acceptors (Lipinski definition) is 3. The van der Waals surface area contributed by atoms with Gasteiger partial charge >= 0.3 is 0 Å². The highest BCUT2D eigenvalue weighted by atomic mass is 16.8. The molecule has 2 aliphatic rings. The van der Waals surface area contributed by atoms with E-state index in [1.54, 1.807) is 0 Å². The van der Waals surface area contributed by atoms with Crippen molar-refractivity contribution in [1.82, 2.24) is 0 Å². The van der Waals surface area contributed by atoms with E-state index in [0.29, 0.717) is 6.61 Å². The Balaban J connectivity index is 2.08. The molecule has 0 aromatic rings. The number of hydrogen-bond donors (Lipinski definition) is 0. The summed E-state index contributed by atoms with van der Waals surface area (Å²) in [4.78, 5) is 0. The minimum absolute atomic E-state index is 0.129. The van der Waals surface area contributed by atoms with Gasteiger partial charge in [-0.25, -0.2) is 0 Å². The second kappa shape index (κ2) is 2.75. The lowest BCUT2D eigenvalue weighted by molar-refractivity contribution is -0.207. The third kappa shape index (κ3) is 1.34. The van der Waals surface area contributed by atoms with Crippen LogP contribution in [0.15, 0.2) is 11.8 Å². The van der Waals surface area contributed by atoms with Gasteiger partial charge in [-0.1, -0.05) is 0 Å². The van der Waals surface area contributed by atoms with Crippen LogP contribution in [0.2, 0.25) is 0 Å². The smallest absolute Gasteiger partial charge is 0.236 e. The normalized spacial score (nSPS) is 41.2. The average Bonchev–Trinajstić information content (AvgIpc) is 2.32. The van der Waals surface area contributed by atoms with Crippen molar-refractivity contribution < 1.29 is 14.2 Å². The van der Waals surface area contributed by atoms with Crippen LogP contribution in [0.25, 0.3) is 0 Å². The number of rotatable bonds is 0. The van der Waals surface area contributed by atoms with Gasteiger partial charge < -0.3 is 14.2 Å². The van der Waals surface area contributed by atoms with Crippen LogP contribution in [0, 0.1) is 0 Å². The highest BCUT2D eigenvalue weighted by molar-refractivity contribution is 4.98. The van der Waals surface area contributed by atoms with E-state index in [1.165, 1.54) is 0 Å². The molecule has 12 heavy (non-hydrogen) atoms. The Morgan fingerprint density at radius 2 is 2.42 bits per heavy atom. The van der Waals surface area contributed by atoms with Gasteiger partial charge in [-0.15, -0.1) is 0 Å². The highest BCUT2D eigenvalue weighted by Gasteiger charge is 2.42. The van der Waals surface area contributed by atoms with Crippen LogP contribution in [-0.4, -0.2) is 18.7 Å². The van der Waals surface area contributed by atoms with Crippen molar-refractivity contribution in [2.24, 2.45) is 0 Å². The van der Waals surface area contributed by atoms with E-state index < -0.39 is 5.79 Å². The lowest BCUT2D eigenvalue weighted by atomic mass is 10.1. The van der Waals surface area contributed by atoms with Crippen LogP contribution in [-0.2, 0) is 14.2 Å². The van der Waals surface area contributed by atoms with Crippen molar-refractivity contribution in [2.75, 3.05) is 6.61 Å². The van der Waals surface area contributed by atoms with Crippen molar-refractivity contribution in [3.05, 3.63) is 11.8 Å². The lowest BCUT2D eigenvalue weighted by Gasteiger charge is -2.31. The zero-order chi connectivity index (χ0) is 8.60. The quantitative estimate of drug-likeness (QED) is 0.554. The van der Waals surface area contributed by atoms with E-state index in [1.807, 2.05) is 13.8 Å². The van der Waals surface area contributed by atoms with Crippen LogP contribution in [0.4, 0.5) is 0 Å². The third-order valence-corrected chi connectivity index (χ3v) is 2.22. The zero-order valence-electron chi connectivity index (χ0n) is 7.50. The van der Waals surface area contributed by atoms with E-state index in [0.717, 1.165) is 18.6 Å². The summed E-state index contributed by atoms with van der Waals surface area (Å²) in [5.74, 6) is 0.470. The molecule has 2 atom stereocenters. The fraction of sp³-hybridized carbons (Fsp3) is 0.778. The van der Waals surface area contributed by atoms with E-state index in [-0.39, 0.29) is 6.29 Å². The van der Waals surface area contributed by atoms with Crippen molar-refractivity contribution in [2.45, 2.75) is 38.8 Å². The molecule has 0 aromatic heterocycles. The molecule has 1 spiro atoms. The molecule has 3 heteroatoms. The van der Waals surface area contributed by atoms with Crippen LogP contribution in [0.3, 0.4) is 0 Å². The molecule has 0 amide bonds. The standard InChI is InChI=1S/C9H14O3/c1-7-4-3-5-9(11-7)6-10-8(2)12-9/h4,8H,3,5-6H2,1-2H3. The first-order valence-corrected chi connectivity index (χ1v) is 4.35. The van der Waals surface area contributed by atoms with Crippen LogP contribution in [0.5, 0.6) is 0 Å². The molecular weight excluding hydrogens is 156 g/mol. The Morgan fingerprint density at radius 1 is 1.58 bits per heavy atom. The molecule has 0 radical (unpaired) electrons. The van der Waals surface area contributed by atoms with Crippen LogP contribution in [0.1, 0.15) is 26.7 Å². The predicted octanol–water partition coefficient (Wildman–Crippen LogP) is 1.79. The molecule has 3 nitrogen and oxygen atoms in total. The molecule has 1 fully saturated rings. The Labute approximate surface area is 72.3 Å². The summed E-state index contributed by atoms with van der Waals surface area (Å²) in [6.45, 7) is 4.40. The van der Waals surface area contributed by atoms with Crippen LogP contribution < -0.4 is 0 Å². The minimum Gasteiger partial charge on any atom is -0.465 e. The third-order valence-electron chi connectivity index (χ3n) is 2.22. The largest absolute Gasteiger partial charge is 0.465 e. The van der Waals surface area contributed by atoms with Crippen molar-refractivity contribution >= 4 is 0 Å². The first kappa shape index (κ1) is 8.08. The Bertz CT molecular complexity index is 212. The van der Waals surface area contributed by atoms with Gasteiger partial charge in [0.2, 0.25) is 5.79 Å². The SMILES string of the molecule is CC1=CCCC2(COC(C)O2)O1. The summed E-state index contributed by atoms with van der Waals surface area (Å²) in [6, 6.07) is 0. The fourth-order valence-corrected chi connectivity index (χ4v) is 1.68. The molecular formula is C9H14O3. The number of allylic oxidation sites excluding steroid dienone is 2. The molecule has 0 aliphatic carbocycles. The zero-order valence-corrected chi connectivity index (χ0v) is 7.50. The molecule has 0 N–H and O–H groups in total. The second-order valence-corrected chi connectivity index (χ2v) is 3.36. The highest BCUT2D eigenvalue weighted by Crippen LogP contribution is 2.34. The molecule has 0 saturated carbocycles. The summed E-state index contributed by atoms with van der Waals surface area (Å²) in [5.41, 5.74) is 0. The summed E-state index contributed by atoms with van der Waals surface area (Å²) in [7, 11) is 0. The molecule has 2 heterocycles. The minimum atomic E-state index is -0.474. The predicted molar refractivity (Wildman–Crippen MR) is 43.3 cm³/mol. The average molecular weight is 170 g/mol. The van der Waals surface area contributed by atoms with Crippen molar-refractivity contribution in [3.8, 4) is 0 Å². The van der Waals surface area contributed by atoms with Gasteiger partial charge in [0.05, 0.1) is 5.76 Å². The summed E-state index contributed by atoms with van der Waals surface area (Å²) in [6.07, 6.45) is 3.87. The van der Waals surface area contributed by atoms with E-state index >= 15 is 0 Å². The Hall–Kier alpha value is -0.540. The molecule has 68 valence electrons. The van der Waals surface area contributed by atoms with Gasteiger partial charge in [-0.2, -0.15) is 0 Å². The Kier molecular flexibility index (Phi) is 1.85. The summed E-state index contributed by atoms with van der Waals surface area (Å²) >= 11 is 0. The monoisotopic (exact) mass is 170 g/mol. The van der Waals surface area contributed by atoms with Gasteiger partial charge in [0.1, 0.15) is 6.61 Å². The lowest BCUT2D eigenvalue weighted by Crippen LogP contribution is -2.36. The molecule has 0 aromatic carbocycles. The fourth-order valence-electron chi connectivity index (χ4n) is 1.68. The topological polar surface area (TPSA) is 27.7 Å². The maximum atomic E-state index is 5.62. The second-order valence-electron chi connectivity index (χ2n) is 3.36. The molecule has 1 saturated heterocycles. The molecule has 2 aliphatic heterocycles. The van der Waals surface area contributed by atoms with Gasteiger partial charge in [0, 0.05) is 6.42 Å². The first-order valence-electron chi connectivity index (χ1n) is 4.35. The molecule has 2 unspecified atom stereocenters. The van der Waals surface area contributed by atoms with Gasteiger partial charge in [-0.3, -0.25) is 0 Å². The van der Waals surface area contributed by atoms with Crippen molar-refractivity contribution in [3.63, 3.8) is 0 Å². The maximum absolute atomic E-state index is 5.62. The van der Waals surface area contributed by atoms with E-state index in [4.69, 9.17) is 14.2 Å². The molecule has 0 bridgehead atoms. The molecule has 2 rings (SSSR count). The maximum Gasteiger partial charge on any atom is 0.236 e. The van der Waals surface area contributed by atoms with Gasteiger partial charge in [0.15, 0.2) is 6.29 Å². The van der Waals surface area contributed by atoms with Gasteiger partial charge in [0.25, 0.3) is 0 Å². The van der Waals surface area contributed by atoms with Crippen molar-refractivity contribution in [1.29, 1.82) is 0 Å². The van der Waals surface area contributed by atoms with E-state index in [2.05, 4.69) is 6.08 Å². The number of ether oxygens (including phenoxy) is 3. The van der Waals surface area contributed by atoms with E-state index in [9.17, 15) is 0 Å². The summed E-state index contributed by atoms with van der Waals surface area (Å²) < 4.78 is 16.5. The van der Waals surface area contributed by atoms with Crippen LogP contribution >= 0.6 is 0 Å². The summed E-state index contributed by atoms with van der Waals surface area (Å²) in [5, 5.41) is 0.